The van der Waals surface area contributed by atoms with Gasteiger partial charge in [-0.25, -0.2) is 0 Å². The van der Waals surface area contributed by atoms with Gasteiger partial charge < -0.3 is 10.2 Å². The quantitative estimate of drug-likeness (QED) is 0.794. The van der Waals surface area contributed by atoms with E-state index in [4.69, 9.17) is 0 Å². The van der Waals surface area contributed by atoms with Crippen LogP contribution in [0.2, 0.25) is 0 Å². The molecule has 0 atom stereocenters. The van der Waals surface area contributed by atoms with E-state index in [1.54, 1.807) is 19.3 Å². The van der Waals surface area contributed by atoms with Gasteiger partial charge in [-0.05, 0) is 44.0 Å². The average Bonchev–Trinajstić information content (AvgIpc) is 3.13. The molecule has 0 saturated carbocycles. The number of aryl methyl sites for hydroxylation is 1. The first-order chi connectivity index (χ1) is 12.2. The van der Waals surface area contributed by atoms with Crippen LogP contribution in [0, 0.1) is 6.92 Å². The fraction of sp³-hybridized carbons (Fsp3) is 0.400. The van der Waals surface area contributed by atoms with E-state index in [2.05, 4.69) is 39.1 Å². The van der Waals surface area contributed by atoms with Crippen molar-refractivity contribution in [1.29, 1.82) is 0 Å². The van der Waals surface area contributed by atoms with Gasteiger partial charge in [0, 0.05) is 30.1 Å². The summed E-state index contributed by atoms with van der Waals surface area (Å²) in [4.78, 5) is 11.0. The molecule has 0 radical (unpaired) electrons. The molecule has 2 aromatic rings. The highest BCUT2D eigenvalue weighted by Gasteiger charge is 2.11. The zero-order valence-corrected chi connectivity index (χ0v) is 14.6. The van der Waals surface area contributed by atoms with Crippen molar-refractivity contribution in [3.8, 4) is 5.75 Å². The van der Waals surface area contributed by atoms with Gasteiger partial charge >= 0.3 is 0 Å². The van der Waals surface area contributed by atoms with E-state index in [0.29, 0.717) is 23.4 Å². The molecule has 132 valence electrons. The summed E-state index contributed by atoms with van der Waals surface area (Å²) in [6.07, 6.45) is 5.81. The smallest absolute Gasteiger partial charge is 0.145 e. The number of rotatable bonds is 6. The zero-order valence-electron chi connectivity index (χ0n) is 14.6. The molecule has 0 bridgehead atoms. The van der Waals surface area contributed by atoms with Crippen molar-refractivity contribution in [3.63, 3.8) is 0 Å². The summed E-state index contributed by atoms with van der Waals surface area (Å²) in [7, 11) is 0. The number of pyridine rings is 1. The third-order valence-corrected chi connectivity index (χ3v) is 4.65. The van der Waals surface area contributed by atoms with Gasteiger partial charge in [0.1, 0.15) is 5.75 Å². The molecule has 0 amide bonds. The lowest BCUT2D eigenvalue weighted by Gasteiger charge is -2.14. The van der Waals surface area contributed by atoms with Crippen molar-refractivity contribution >= 4 is 6.21 Å². The lowest BCUT2D eigenvalue weighted by Crippen LogP contribution is -2.18. The van der Waals surface area contributed by atoms with Gasteiger partial charge in [-0.2, -0.15) is 0 Å². The Kier molecular flexibility index (Phi) is 5.79. The third kappa shape index (κ3) is 4.44. The number of aromatic hydroxyl groups is 1. The summed E-state index contributed by atoms with van der Waals surface area (Å²) in [5.74, 6) is 0.0799. The van der Waals surface area contributed by atoms with Crippen LogP contribution in [0.5, 0.6) is 5.75 Å². The second kappa shape index (κ2) is 8.23. The summed E-state index contributed by atoms with van der Waals surface area (Å²) in [6, 6.07) is 8.54. The standard InChI is InChI=1S/C20H25N3O2/c1-15-20(25)19(18(14-24)11-22-15)12-21-10-16-4-6-17(7-5-16)13-23-8-2-3-9-23/h4-7,11-12,24-25H,2-3,8-10,13-14H2,1H3. The van der Waals surface area contributed by atoms with Crippen LogP contribution < -0.4 is 0 Å². The predicted molar refractivity (Wildman–Crippen MR) is 98.8 cm³/mol. The topological polar surface area (TPSA) is 69.0 Å². The van der Waals surface area contributed by atoms with Crippen LogP contribution in [0.3, 0.4) is 0 Å². The van der Waals surface area contributed by atoms with Crippen LogP contribution in [0.25, 0.3) is 0 Å². The maximum Gasteiger partial charge on any atom is 0.145 e. The molecule has 1 aromatic carbocycles. The van der Waals surface area contributed by atoms with Gasteiger partial charge in [-0.15, -0.1) is 0 Å². The number of aliphatic hydroxyl groups is 1. The minimum atomic E-state index is -0.173. The maximum absolute atomic E-state index is 10.1. The van der Waals surface area contributed by atoms with Crippen molar-refractivity contribution in [2.45, 2.75) is 39.5 Å². The Hall–Kier alpha value is -2.24. The third-order valence-electron chi connectivity index (χ3n) is 4.65. The Morgan fingerprint density at radius 2 is 1.84 bits per heavy atom. The van der Waals surface area contributed by atoms with E-state index >= 15 is 0 Å². The summed E-state index contributed by atoms with van der Waals surface area (Å²) < 4.78 is 0. The van der Waals surface area contributed by atoms with E-state index in [9.17, 15) is 10.2 Å². The molecule has 5 heteroatoms. The van der Waals surface area contributed by atoms with Crippen LogP contribution in [0.4, 0.5) is 0 Å². The van der Waals surface area contributed by atoms with Crippen molar-refractivity contribution < 1.29 is 10.2 Å². The first-order valence-corrected chi connectivity index (χ1v) is 8.75. The molecule has 0 aliphatic carbocycles. The highest BCUT2D eigenvalue weighted by Crippen LogP contribution is 2.22. The molecule has 3 rings (SSSR count). The highest BCUT2D eigenvalue weighted by molar-refractivity contribution is 5.85. The molecule has 5 nitrogen and oxygen atoms in total. The summed E-state index contributed by atoms with van der Waals surface area (Å²) in [6.45, 7) is 5.52. The second-order valence-corrected chi connectivity index (χ2v) is 6.56. The Morgan fingerprint density at radius 3 is 2.52 bits per heavy atom. The Morgan fingerprint density at radius 1 is 1.16 bits per heavy atom. The molecular formula is C20H25N3O2. The van der Waals surface area contributed by atoms with Crippen molar-refractivity contribution in [3.05, 3.63) is 58.4 Å². The first kappa shape index (κ1) is 17.6. The van der Waals surface area contributed by atoms with Gasteiger partial charge in [0.25, 0.3) is 0 Å². The number of benzene rings is 1. The molecular weight excluding hydrogens is 314 g/mol. The van der Waals surface area contributed by atoms with E-state index in [1.807, 2.05) is 0 Å². The minimum Gasteiger partial charge on any atom is -0.505 e. The number of nitrogens with zero attached hydrogens (tertiary/aromatic N) is 3. The fourth-order valence-corrected chi connectivity index (χ4v) is 3.11. The lowest BCUT2D eigenvalue weighted by molar-refractivity contribution is 0.280. The SMILES string of the molecule is Cc1ncc(CO)c(C=NCc2ccc(CN3CCCC3)cc2)c1O. The molecule has 1 aliphatic heterocycles. The van der Waals surface area contributed by atoms with E-state index < -0.39 is 0 Å². The van der Waals surface area contributed by atoms with Gasteiger partial charge in [-0.3, -0.25) is 14.9 Å². The van der Waals surface area contributed by atoms with Crippen molar-refractivity contribution in [2.24, 2.45) is 4.99 Å². The van der Waals surface area contributed by atoms with Gasteiger partial charge in [0.15, 0.2) is 0 Å². The molecule has 1 aromatic heterocycles. The lowest BCUT2D eigenvalue weighted by atomic mass is 10.1. The predicted octanol–water partition coefficient (Wildman–Crippen LogP) is 2.80. The molecule has 1 saturated heterocycles. The van der Waals surface area contributed by atoms with E-state index in [1.165, 1.54) is 31.5 Å². The number of aromatic nitrogens is 1. The summed E-state index contributed by atoms with van der Waals surface area (Å²) in [5, 5.41) is 19.5. The summed E-state index contributed by atoms with van der Waals surface area (Å²) in [5.41, 5.74) is 4.11. The van der Waals surface area contributed by atoms with Crippen LogP contribution in [0.15, 0.2) is 35.5 Å². The number of hydrogen-bond donors (Lipinski definition) is 2. The largest absolute Gasteiger partial charge is 0.505 e. The van der Waals surface area contributed by atoms with Crippen molar-refractivity contribution in [2.75, 3.05) is 13.1 Å². The number of likely N-dealkylation sites (tertiary alicyclic amines) is 1. The van der Waals surface area contributed by atoms with Gasteiger partial charge in [0.2, 0.25) is 0 Å². The Labute approximate surface area is 148 Å². The van der Waals surface area contributed by atoms with Gasteiger partial charge in [-0.1, -0.05) is 24.3 Å². The molecule has 0 unspecified atom stereocenters. The molecule has 1 aliphatic rings. The number of aliphatic hydroxyl groups excluding tert-OH is 1. The van der Waals surface area contributed by atoms with Crippen LogP contribution in [0.1, 0.15) is 40.8 Å². The van der Waals surface area contributed by atoms with E-state index in [0.717, 1.165) is 12.1 Å². The first-order valence-electron chi connectivity index (χ1n) is 8.75. The summed E-state index contributed by atoms with van der Waals surface area (Å²) >= 11 is 0. The molecule has 0 spiro atoms. The Balaban J connectivity index is 1.63. The monoisotopic (exact) mass is 339 g/mol. The maximum atomic E-state index is 10.1. The molecule has 2 heterocycles. The molecule has 2 N–H and O–H groups in total. The van der Waals surface area contributed by atoms with Crippen LogP contribution in [-0.4, -0.2) is 39.4 Å². The van der Waals surface area contributed by atoms with Crippen molar-refractivity contribution in [1.82, 2.24) is 9.88 Å². The number of aliphatic imine (C=N–C) groups is 1. The van der Waals surface area contributed by atoms with Crippen LogP contribution >= 0.6 is 0 Å². The molecule has 25 heavy (non-hydrogen) atoms. The second-order valence-electron chi connectivity index (χ2n) is 6.56. The highest BCUT2D eigenvalue weighted by atomic mass is 16.3. The van der Waals surface area contributed by atoms with E-state index in [-0.39, 0.29) is 12.4 Å². The zero-order chi connectivity index (χ0) is 17.6. The molecule has 1 fully saturated rings. The fourth-order valence-electron chi connectivity index (χ4n) is 3.11. The normalized spacial score (nSPS) is 15.3. The van der Waals surface area contributed by atoms with Crippen LogP contribution in [-0.2, 0) is 19.7 Å². The van der Waals surface area contributed by atoms with Gasteiger partial charge in [0.05, 0.1) is 18.8 Å². The average molecular weight is 339 g/mol. The Bertz CT molecular complexity index is 735. The number of hydrogen-bond acceptors (Lipinski definition) is 5. The minimum absolute atomic E-state index is 0.0799.